The van der Waals surface area contributed by atoms with Crippen LogP contribution in [0.2, 0.25) is 0 Å². The monoisotopic (exact) mass is 248 g/mol. The summed E-state index contributed by atoms with van der Waals surface area (Å²) < 4.78 is 0. The molecule has 1 amide bonds. The van der Waals surface area contributed by atoms with Crippen molar-refractivity contribution in [1.29, 1.82) is 0 Å². The van der Waals surface area contributed by atoms with E-state index in [0.29, 0.717) is 0 Å². The van der Waals surface area contributed by atoms with E-state index in [2.05, 4.69) is 15.6 Å². The molecule has 98 valence electrons. The number of piperidine rings is 1. The van der Waals surface area contributed by atoms with Crippen LogP contribution in [-0.4, -0.2) is 38.1 Å². The largest absolute Gasteiger partial charge is 0.361 e. The summed E-state index contributed by atoms with van der Waals surface area (Å²) in [5.74, 6) is 0.932. The van der Waals surface area contributed by atoms with Crippen molar-refractivity contribution in [3.8, 4) is 0 Å². The molecule has 1 aromatic rings. The summed E-state index contributed by atoms with van der Waals surface area (Å²) in [6, 6.07) is 3.72. The molecule has 1 atom stereocenters. The van der Waals surface area contributed by atoms with Crippen molar-refractivity contribution in [2.45, 2.75) is 12.8 Å². The molecule has 2 rings (SSSR count). The highest BCUT2D eigenvalue weighted by Crippen LogP contribution is 2.22. The average Bonchev–Trinajstić information content (AvgIpc) is 2.40. The number of rotatable bonds is 3. The van der Waals surface area contributed by atoms with E-state index in [-0.39, 0.29) is 11.8 Å². The molecule has 1 aliphatic rings. The van der Waals surface area contributed by atoms with Crippen molar-refractivity contribution < 1.29 is 4.79 Å². The van der Waals surface area contributed by atoms with Crippen LogP contribution in [0.5, 0.6) is 0 Å². The topological polar surface area (TPSA) is 57.3 Å². The number of pyridine rings is 1. The van der Waals surface area contributed by atoms with Gasteiger partial charge in [0.15, 0.2) is 5.82 Å². The first-order chi connectivity index (χ1) is 8.68. The van der Waals surface area contributed by atoms with Gasteiger partial charge in [-0.2, -0.15) is 0 Å². The molecule has 1 fully saturated rings. The minimum Gasteiger partial charge on any atom is -0.361 e. The van der Waals surface area contributed by atoms with Crippen LogP contribution >= 0.6 is 0 Å². The number of carbonyl (C=O) groups is 1. The highest BCUT2D eigenvalue weighted by atomic mass is 16.1. The summed E-state index contributed by atoms with van der Waals surface area (Å²) in [5.41, 5.74) is 0.776. The Labute approximate surface area is 108 Å². The molecule has 0 unspecified atom stereocenters. The average molecular weight is 248 g/mol. The molecule has 0 aliphatic carbocycles. The lowest BCUT2D eigenvalue weighted by Crippen LogP contribution is -2.37. The van der Waals surface area contributed by atoms with Gasteiger partial charge in [-0.1, -0.05) is 0 Å². The second kappa shape index (κ2) is 5.82. The summed E-state index contributed by atoms with van der Waals surface area (Å²) in [6.07, 6.45) is 3.75. The van der Waals surface area contributed by atoms with Crippen LogP contribution in [0.4, 0.5) is 11.5 Å². The van der Waals surface area contributed by atoms with Crippen molar-refractivity contribution in [1.82, 2.24) is 10.3 Å². The molecule has 5 heteroatoms. The van der Waals surface area contributed by atoms with Gasteiger partial charge in [0, 0.05) is 26.8 Å². The van der Waals surface area contributed by atoms with Crippen LogP contribution < -0.4 is 15.5 Å². The van der Waals surface area contributed by atoms with E-state index in [1.54, 1.807) is 6.20 Å². The van der Waals surface area contributed by atoms with Crippen LogP contribution in [0, 0.1) is 5.92 Å². The maximum absolute atomic E-state index is 12.1. The molecule has 1 saturated heterocycles. The lowest BCUT2D eigenvalue weighted by Gasteiger charge is -2.23. The van der Waals surface area contributed by atoms with Gasteiger partial charge in [0.1, 0.15) is 0 Å². The van der Waals surface area contributed by atoms with Crippen molar-refractivity contribution in [2.75, 3.05) is 37.4 Å². The molecule has 18 heavy (non-hydrogen) atoms. The number of hydrogen-bond acceptors (Lipinski definition) is 4. The van der Waals surface area contributed by atoms with Crippen LogP contribution in [-0.2, 0) is 4.79 Å². The van der Waals surface area contributed by atoms with Gasteiger partial charge in [-0.05, 0) is 31.5 Å². The second-order valence-electron chi connectivity index (χ2n) is 4.80. The SMILES string of the molecule is CN(C)c1ncccc1NC(=O)[C@@H]1CCCNC1. The van der Waals surface area contributed by atoms with E-state index in [4.69, 9.17) is 0 Å². The van der Waals surface area contributed by atoms with Gasteiger partial charge in [0.05, 0.1) is 11.6 Å². The zero-order chi connectivity index (χ0) is 13.0. The minimum absolute atomic E-state index is 0.0639. The third-order valence-electron chi connectivity index (χ3n) is 3.14. The van der Waals surface area contributed by atoms with Gasteiger partial charge in [0.25, 0.3) is 0 Å². The molecule has 0 radical (unpaired) electrons. The Morgan fingerprint density at radius 2 is 2.39 bits per heavy atom. The van der Waals surface area contributed by atoms with Gasteiger partial charge in [-0.3, -0.25) is 4.79 Å². The van der Waals surface area contributed by atoms with Crippen molar-refractivity contribution in [3.63, 3.8) is 0 Å². The van der Waals surface area contributed by atoms with Gasteiger partial charge in [0.2, 0.25) is 5.91 Å². The Hall–Kier alpha value is -1.62. The zero-order valence-electron chi connectivity index (χ0n) is 10.9. The molecular formula is C13H20N4O. The number of hydrogen-bond donors (Lipinski definition) is 2. The molecule has 5 nitrogen and oxygen atoms in total. The lowest BCUT2D eigenvalue weighted by atomic mass is 9.99. The van der Waals surface area contributed by atoms with Crippen LogP contribution in [0.3, 0.4) is 0 Å². The minimum atomic E-state index is 0.0639. The van der Waals surface area contributed by atoms with Crippen molar-refractivity contribution >= 4 is 17.4 Å². The Balaban J connectivity index is 2.06. The van der Waals surface area contributed by atoms with E-state index in [9.17, 15) is 4.79 Å². The summed E-state index contributed by atoms with van der Waals surface area (Å²) in [7, 11) is 3.83. The molecule has 0 spiro atoms. The number of anilines is 2. The second-order valence-corrected chi connectivity index (χ2v) is 4.80. The van der Waals surface area contributed by atoms with Crippen molar-refractivity contribution in [3.05, 3.63) is 18.3 Å². The smallest absolute Gasteiger partial charge is 0.228 e. The van der Waals surface area contributed by atoms with Crippen LogP contribution in [0.1, 0.15) is 12.8 Å². The lowest BCUT2D eigenvalue weighted by molar-refractivity contribution is -0.120. The summed E-state index contributed by atoms with van der Waals surface area (Å²) in [6.45, 7) is 1.78. The zero-order valence-corrected chi connectivity index (χ0v) is 10.9. The Morgan fingerprint density at radius 1 is 1.56 bits per heavy atom. The number of aromatic nitrogens is 1. The first-order valence-electron chi connectivity index (χ1n) is 6.32. The molecular weight excluding hydrogens is 228 g/mol. The number of nitrogens with zero attached hydrogens (tertiary/aromatic N) is 2. The van der Waals surface area contributed by atoms with Crippen LogP contribution in [0.25, 0.3) is 0 Å². The molecule has 2 heterocycles. The summed E-state index contributed by atoms with van der Waals surface area (Å²) in [5, 5.41) is 6.23. The standard InChI is InChI=1S/C13H20N4O/c1-17(2)12-11(6-4-8-15-12)16-13(18)10-5-3-7-14-9-10/h4,6,8,10,14H,3,5,7,9H2,1-2H3,(H,16,18)/t10-/m1/s1. The Kier molecular flexibility index (Phi) is 4.15. The molecule has 1 aromatic heterocycles. The fourth-order valence-electron chi connectivity index (χ4n) is 2.16. The normalized spacial score (nSPS) is 19.3. The fourth-order valence-corrected chi connectivity index (χ4v) is 2.16. The van der Waals surface area contributed by atoms with E-state index in [1.807, 2.05) is 31.1 Å². The van der Waals surface area contributed by atoms with E-state index in [1.165, 1.54) is 0 Å². The molecule has 2 N–H and O–H groups in total. The van der Waals surface area contributed by atoms with E-state index >= 15 is 0 Å². The van der Waals surface area contributed by atoms with Gasteiger partial charge < -0.3 is 15.5 Å². The van der Waals surface area contributed by atoms with Crippen molar-refractivity contribution in [2.24, 2.45) is 5.92 Å². The Morgan fingerprint density at radius 3 is 3.06 bits per heavy atom. The third kappa shape index (κ3) is 2.98. The maximum atomic E-state index is 12.1. The van der Waals surface area contributed by atoms with Gasteiger partial charge in [-0.15, -0.1) is 0 Å². The van der Waals surface area contributed by atoms with Gasteiger partial charge in [-0.25, -0.2) is 4.98 Å². The first kappa shape index (κ1) is 12.8. The predicted octanol–water partition coefficient (Wildman–Crippen LogP) is 1.09. The highest BCUT2D eigenvalue weighted by molar-refractivity contribution is 5.95. The van der Waals surface area contributed by atoms with E-state index in [0.717, 1.165) is 37.4 Å². The van der Waals surface area contributed by atoms with Crippen LogP contribution in [0.15, 0.2) is 18.3 Å². The predicted molar refractivity (Wildman–Crippen MR) is 72.8 cm³/mol. The maximum Gasteiger partial charge on any atom is 0.228 e. The summed E-state index contributed by atoms with van der Waals surface area (Å²) >= 11 is 0. The number of nitrogens with one attached hydrogen (secondary N) is 2. The molecule has 0 aromatic carbocycles. The number of amides is 1. The van der Waals surface area contributed by atoms with E-state index < -0.39 is 0 Å². The molecule has 1 aliphatic heterocycles. The molecule has 0 bridgehead atoms. The summed E-state index contributed by atoms with van der Waals surface area (Å²) in [4.78, 5) is 18.3. The fraction of sp³-hybridized carbons (Fsp3) is 0.538. The number of carbonyl (C=O) groups excluding carboxylic acids is 1. The molecule has 0 saturated carbocycles. The highest BCUT2D eigenvalue weighted by Gasteiger charge is 2.21. The Bertz CT molecular complexity index is 413. The first-order valence-corrected chi connectivity index (χ1v) is 6.32. The van der Waals surface area contributed by atoms with Gasteiger partial charge >= 0.3 is 0 Å². The quantitative estimate of drug-likeness (QED) is 0.840. The third-order valence-corrected chi connectivity index (χ3v) is 3.14.